The Morgan fingerprint density at radius 1 is 0.709 bits per heavy atom. The summed E-state index contributed by atoms with van der Waals surface area (Å²) in [7, 11) is 0. The summed E-state index contributed by atoms with van der Waals surface area (Å²) in [4.78, 5) is 25.8. The first-order valence-electron chi connectivity index (χ1n) is 19.8. The van der Waals surface area contributed by atoms with Gasteiger partial charge in [-0.3, -0.25) is 9.59 Å². The molecule has 2 saturated carbocycles. The van der Waals surface area contributed by atoms with E-state index in [1.807, 2.05) is 65.8 Å². The number of aliphatic hydroxyl groups excluding tert-OH is 1. The third kappa shape index (κ3) is 9.06. The molecule has 2 aliphatic carbocycles. The van der Waals surface area contributed by atoms with E-state index in [2.05, 4.69) is 41.2 Å². The molecule has 0 aromatic heterocycles. The predicted molar refractivity (Wildman–Crippen MR) is 212 cm³/mol. The quantitative estimate of drug-likeness (QED) is 0.278. The summed E-state index contributed by atoms with van der Waals surface area (Å²) in [5.41, 5.74) is 6.87. The Kier molecular flexibility index (Phi) is 15.4. The van der Waals surface area contributed by atoms with Gasteiger partial charge in [-0.2, -0.15) is 0 Å². The summed E-state index contributed by atoms with van der Waals surface area (Å²) in [5, 5.41) is 30.7. The smallest absolute Gasteiger partial charge is 0.873 e. The Labute approximate surface area is 350 Å². The molecule has 2 aliphatic heterocycles. The van der Waals surface area contributed by atoms with Gasteiger partial charge in [0.1, 0.15) is 5.76 Å². The van der Waals surface area contributed by atoms with Crippen LogP contribution in [0.5, 0.6) is 0 Å². The van der Waals surface area contributed by atoms with Gasteiger partial charge in [0, 0.05) is 29.9 Å². The van der Waals surface area contributed by atoms with Crippen molar-refractivity contribution in [2.75, 3.05) is 13.2 Å². The average molecular weight is 757 g/mol. The molecule has 3 N–H and O–H groups in total. The van der Waals surface area contributed by atoms with Crippen molar-refractivity contribution in [3.63, 3.8) is 0 Å². The maximum absolute atomic E-state index is 13.4. The summed E-state index contributed by atoms with van der Waals surface area (Å²) in [6.07, 6.45) is 7.93. The van der Waals surface area contributed by atoms with Gasteiger partial charge in [-0.25, -0.2) is 0 Å². The van der Waals surface area contributed by atoms with Gasteiger partial charge < -0.3 is 30.3 Å². The fourth-order valence-electron chi connectivity index (χ4n) is 8.94. The molecule has 0 unspecified atom stereocenters. The maximum atomic E-state index is 13.4. The zero-order valence-electron chi connectivity index (χ0n) is 34.4. The molecule has 0 saturated heterocycles. The molecule has 2 amide bonds. The minimum Gasteiger partial charge on any atom is -0.873 e. The first-order valence-corrected chi connectivity index (χ1v) is 19.8. The van der Waals surface area contributed by atoms with E-state index in [0.29, 0.717) is 50.0 Å². The zero-order valence-corrected chi connectivity index (χ0v) is 36.4. The van der Waals surface area contributed by atoms with Crippen LogP contribution in [-0.4, -0.2) is 53.4 Å². The van der Waals surface area contributed by atoms with Gasteiger partial charge in [0.2, 0.25) is 0 Å². The third-order valence-electron chi connectivity index (χ3n) is 11.5. The molecule has 55 heavy (non-hydrogen) atoms. The number of aryl methyl sites for hydroxylation is 4. The molecule has 2 heterocycles. The minimum atomic E-state index is -0.751. The van der Waals surface area contributed by atoms with Gasteiger partial charge in [-0.15, -0.1) is 11.8 Å². The van der Waals surface area contributed by atoms with Gasteiger partial charge in [0.15, 0.2) is 0 Å². The number of hydrogen-bond acceptors (Lipinski definition) is 6. The van der Waals surface area contributed by atoms with Crippen molar-refractivity contribution in [3.05, 3.63) is 80.3 Å². The number of amides is 2. The predicted octanol–water partition coefficient (Wildman–Crippen LogP) is 3.90. The van der Waals surface area contributed by atoms with Crippen molar-refractivity contribution >= 4 is 23.0 Å². The summed E-state index contributed by atoms with van der Waals surface area (Å²) >= 11 is 0. The molecule has 0 atom stereocenters. The average Bonchev–Trinajstić information content (AvgIpc) is 3.52. The normalized spacial score (nSPS) is 24.3. The second-order valence-electron chi connectivity index (χ2n) is 14.9. The largest absolute Gasteiger partial charge is 1.00 e. The molecular weight excluding hydrogens is 700 g/mol. The van der Waals surface area contributed by atoms with Crippen LogP contribution in [0, 0.1) is 37.5 Å². The molecule has 0 radical (unpaired) electrons. The van der Waals surface area contributed by atoms with Crippen molar-refractivity contribution in [2.24, 2.45) is 0 Å². The van der Waals surface area contributed by atoms with E-state index in [-0.39, 0.29) is 65.1 Å². The summed E-state index contributed by atoms with van der Waals surface area (Å²) in [5.74, 6) is 11.8. The number of aliphatic hydroxyl groups is 1. The molecule has 2 spiro atoms. The fraction of sp³-hybridized carbons (Fsp3) is 0.522. The zero-order chi connectivity index (χ0) is 39.2. The SMILES string of the molecule is CC#Cc1cc(C)c(C2=C(O)C3(CCC(OCC)CC3)NC2=O)c(CC)c1.CC#Cc1cc(C)c(C2=C([O-])C3(CCC(OCC)CC3)NC2=O)c(CC)c1.[Na+]. The number of nitrogens with one attached hydrogen (secondary N) is 2. The van der Waals surface area contributed by atoms with Gasteiger partial charge in [0.25, 0.3) is 11.8 Å². The summed E-state index contributed by atoms with van der Waals surface area (Å²) in [6.45, 7) is 17.0. The Hall–Kier alpha value is -3.50. The van der Waals surface area contributed by atoms with Crippen LogP contribution in [0.4, 0.5) is 0 Å². The monoisotopic (exact) mass is 756 g/mol. The van der Waals surface area contributed by atoms with E-state index in [4.69, 9.17) is 9.47 Å². The Morgan fingerprint density at radius 3 is 1.53 bits per heavy atom. The van der Waals surface area contributed by atoms with Crippen LogP contribution >= 0.6 is 0 Å². The Morgan fingerprint density at radius 2 is 1.11 bits per heavy atom. The number of rotatable bonds is 8. The first-order chi connectivity index (χ1) is 25.9. The van der Waals surface area contributed by atoms with E-state index in [1.54, 1.807) is 6.92 Å². The molecule has 2 aromatic rings. The number of hydrogen-bond donors (Lipinski definition) is 3. The van der Waals surface area contributed by atoms with E-state index >= 15 is 0 Å². The second kappa shape index (κ2) is 19.1. The molecular formula is C46H57N2NaO6. The second-order valence-corrected chi connectivity index (χ2v) is 14.9. The molecule has 2 aromatic carbocycles. The van der Waals surface area contributed by atoms with Crippen molar-refractivity contribution in [2.45, 2.75) is 143 Å². The third-order valence-corrected chi connectivity index (χ3v) is 11.5. The maximum Gasteiger partial charge on any atom is 1.00 e. The molecule has 8 nitrogen and oxygen atoms in total. The number of carbonyl (C=O) groups excluding carboxylic acids is 2. The standard InChI is InChI=1S/2C23H29NO3.Na/c2*1-5-8-16-13-15(4)19(17(6-2)14-16)20-21(25)23(24-22(20)26)11-9-18(10-12-23)27-7-3;/h2*13-14,18,25H,6-7,9-12H2,1-4H3,(H,24,26);/q;;+1/p-1. The first kappa shape index (κ1) is 44.2. The van der Waals surface area contributed by atoms with E-state index in [9.17, 15) is 19.8 Å². The van der Waals surface area contributed by atoms with Crippen molar-refractivity contribution < 1.29 is 58.8 Å². The molecule has 288 valence electrons. The van der Waals surface area contributed by atoms with Crippen LogP contribution in [0.3, 0.4) is 0 Å². The van der Waals surface area contributed by atoms with Gasteiger partial charge >= 0.3 is 29.6 Å². The molecule has 0 bridgehead atoms. The fourth-order valence-corrected chi connectivity index (χ4v) is 8.94. The molecule has 6 rings (SSSR count). The van der Waals surface area contributed by atoms with Crippen molar-refractivity contribution in [3.8, 4) is 23.7 Å². The van der Waals surface area contributed by atoms with E-state index < -0.39 is 11.1 Å². The van der Waals surface area contributed by atoms with Crippen LogP contribution in [0.1, 0.15) is 137 Å². The van der Waals surface area contributed by atoms with Crippen LogP contribution in [-0.2, 0) is 31.9 Å². The van der Waals surface area contributed by atoms with Crippen LogP contribution in [0.25, 0.3) is 11.1 Å². The summed E-state index contributed by atoms with van der Waals surface area (Å²) in [6, 6.07) is 8.00. The Bertz CT molecular complexity index is 1820. The number of carbonyl (C=O) groups is 2. The van der Waals surface area contributed by atoms with Crippen LogP contribution in [0.2, 0.25) is 0 Å². The topological polar surface area (TPSA) is 120 Å². The number of benzene rings is 2. The minimum absolute atomic E-state index is 0. The van der Waals surface area contributed by atoms with Crippen LogP contribution in [0.15, 0.2) is 35.8 Å². The van der Waals surface area contributed by atoms with E-state index in [1.165, 1.54) is 0 Å². The van der Waals surface area contributed by atoms with Gasteiger partial charge in [-0.1, -0.05) is 31.4 Å². The van der Waals surface area contributed by atoms with Crippen LogP contribution < -0.4 is 45.3 Å². The van der Waals surface area contributed by atoms with Crippen molar-refractivity contribution in [1.82, 2.24) is 10.6 Å². The van der Waals surface area contributed by atoms with E-state index in [0.717, 1.165) is 83.0 Å². The molecule has 4 aliphatic rings. The molecule has 9 heteroatoms. The molecule has 2 fully saturated rings. The van der Waals surface area contributed by atoms with Gasteiger partial charge in [0.05, 0.1) is 28.9 Å². The van der Waals surface area contributed by atoms with Crippen molar-refractivity contribution in [1.29, 1.82) is 0 Å². The Balaban J connectivity index is 0.000000240. The van der Waals surface area contributed by atoms with Gasteiger partial charge in [-0.05, 0) is 163 Å². The summed E-state index contributed by atoms with van der Waals surface area (Å²) < 4.78 is 11.4. The number of ether oxygens (including phenoxy) is 2.